The van der Waals surface area contributed by atoms with E-state index in [1.807, 2.05) is 0 Å². The van der Waals surface area contributed by atoms with Gasteiger partial charge in [-0.2, -0.15) is 0 Å². The van der Waals surface area contributed by atoms with E-state index in [9.17, 15) is 14.9 Å². The van der Waals surface area contributed by atoms with Crippen LogP contribution in [0.25, 0.3) is 0 Å². The molecule has 18 heavy (non-hydrogen) atoms. The van der Waals surface area contributed by atoms with Crippen molar-refractivity contribution in [3.8, 4) is 5.75 Å². The molecule has 0 radical (unpaired) electrons. The van der Waals surface area contributed by atoms with Gasteiger partial charge >= 0.3 is 5.97 Å². The normalized spacial score (nSPS) is 11.9. The second kappa shape index (κ2) is 6.32. The monoisotopic (exact) mass is 273 g/mol. The fraction of sp³-hybridized carbons (Fsp3) is 0.364. The Balaban J connectivity index is 2.77. The second-order valence-electron chi connectivity index (χ2n) is 3.39. The molecule has 0 aliphatic heterocycles. The minimum absolute atomic E-state index is 0.0886. The zero-order valence-electron chi connectivity index (χ0n) is 9.88. The van der Waals surface area contributed by atoms with E-state index >= 15 is 0 Å². The van der Waals surface area contributed by atoms with Crippen molar-refractivity contribution >= 4 is 23.3 Å². The Hall–Kier alpha value is -1.66. The number of halogens is 1. The predicted molar refractivity (Wildman–Crippen MR) is 64.8 cm³/mol. The van der Waals surface area contributed by atoms with Gasteiger partial charge in [0.05, 0.1) is 4.92 Å². The number of esters is 1. The average Bonchev–Trinajstić information content (AvgIpc) is 2.28. The van der Waals surface area contributed by atoms with Gasteiger partial charge < -0.3 is 9.47 Å². The third-order valence-corrected chi connectivity index (χ3v) is 2.39. The topological polar surface area (TPSA) is 78.7 Å². The predicted octanol–water partition coefficient (Wildman–Crippen LogP) is 2.58. The van der Waals surface area contributed by atoms with E-state index in [-0.39, 0.29) is 16.5 Å². The number of carbonyl (C=O) groups excluding carboxylic acids is 1. The van der Waals surface area contributed by atoms with Gasteiger partial charge in [0, 0.05) is 18.7 Å². The fourth-order valence-corrected chi connectivity index (χ4v) is 1.46. The summed E-state index contributed by atoms with van der Waals surface area (Å²) in [4.78, 5) is 21.4. The largest absolute Gasteiger partial charge is 0.425 e. The molecule has 7 heteroatoms. The summed E-state index contributed by atoms with van der Waals surface area (Å²) in [5, 5.41) is 10.5. The first-order chi connectivity index (χ1) is 8.45. The number of nitro groups is 1. The zero-order valence-corrected chi connectivity index (χ0v) is 10.6. The molecule has 0 saturated carbocycles. The van der Waals surface area contributed by atoms with Gasteiger partial charge in [0.25, 0.3) is 5.69 Å². The number of benzene rings is 1. The summed E-state index contributed by atoms with van der Waals surface area (Å²) in [5.74, 6) is -0.441. The van der Waals surface area contributed by atoms with Gasteiger partial charge in [0.2, 0.25) is 0 Å². The molecule has 6 nitrogen and oxygen atoms in total. The highest BCUT2D eigenvalue weighted by molar-refractivity contribution is 6.32. The van der Waals surface area contributed by atoms with E-state index in [1.165, 1.54) is 18.2 Å². The minimum Gasteiger partial charge on any atom is -0.425 e. The van der Waals surface area contributed by atoms with Crippen molar-refractivity contribution < 1.29 is 19.2 Å². The Morgan fingerprint density at radius 1 is 1.56 bits per heavy atom. The first-order valence-corrected chi connectivity index (χ1v) is 5.60. The lowest BCUT2D eigenvalue weighted by molar-refractivity contribution is -0.384. The third-order valence-electron chi connectivity index (χ3n) is 2.08. The summed E-state index contributed by atoms with van der Waals surface area (Å²) in [6, 6.07) is 3.70. The Bertz CT molecular complexity index is 463. The molecule has 1 aromatic rings. The van der Waals surface area contributed by atoms with Crippen molar-refractivity contribution in [2.45, 2.75) is 20.0 Å². The summed E-state index contributed by atoms with van der Waals surface area (Å²) >= 11 is 5.68. The third kappa shape index (κ3) is 3.68. The van der Waals surface area contributed by atoms with E-state index in [2.05, 4.69) is 0 Å². The molecule has 1 rings (SSSR count). The van der Waals surface area contributed by atoms with Crippen LogP contribution in [-0.2, 0) is 9.53 Å². The number of ether oxygens (including phenoxy) is 2. The maximum absolute atomic E-state index is 11.5. The Morgan fingerprint density at radius 3 is 2.72 bits per heavy atom. The van der Waals surface area contributed by atoms with Crippen LogP contribution >= 0.6 is 11.6 Å². The van der Waals surface area contributed by atoms with Crippen LogP contribution < -0.4 is 4.74 Å². The van der Waals surface area contributed by atoms with Crippen molar-refractivity contribution in [1.29, 1.82) is 0 Å². The first-order valence-electron chi connectivity index (χ1n) is 5.23. The molecule has 0 bridgehead atoms. The molecule has 0 aliphatic carbocycles. The molecular weight excluding hydrogens is 262 g/mol. The van der Waals surface area contributed by atoms with E-state index in [1.54, 1.807) is 13.8 Å². The minimum atomic E-state index is -0.705. The van der Waals surface area contributed by atoms with Crippen LogP contribution in [0.4, 0.5) is 5.69 Å². The van der Waals surface area contributed by atoms with Gasteiger partial charge in [-0.3, -0.25) is 10.1 Å². The number of carbonyl (C=O) groups is 1. The number of hydrogen-bond donors (Lipinski definition) is 0. The average molecular weight is 274 g/mol. The zero-order chi connectivity index (χ0) is 13.7. The Kier molecular flexibility index (Phi) is 5.06. The highest BCUT2D eigenvalue weighted by Crippen LogP contribution is 2.28. The van der Waals surface area contributed by atoms with E-state index in [0.717, 1.165) is 0 Å². The van der Waals surface area contributed by atoms with Crippen molar-refractivity contribution in [3.63, 3.8) is 0 Å². The van der Waals surface area contributed by atoms with Crippen molar-refractivity contribution in [3.05, 3.63) is 33.3 Å². The number of nitro benzene ring substituents is 1. The summed E-state index contributed by atoms with van der Waals surface area (Å²) in [6.45, 7) is 3.70. The maximum atomic E-state index is 11.5. The molecule has 0 heterocycles. The molecule has 1 aromatic carbocycles. The Morgan fingerprint density at radius 2 is 2.22 bits per heavy atom. The van der Waals surface area contributed by atoms with Crippen LogP contribution in [0.1, 0.15) is 13.8 Å². The fourth-order valence-electron chi connectivity index (χ4n) is 1.22. The SMILES string of the molecule is CCOC(C)C(=O)Oc1ccc([N+](=O)[O-])c(Cl)c1. The molecular formula is C11H12ClNO5. The van der Waals surface area contributed by atoms with Crippen molar-refractivity contribution in [2.75, 3.05) is 6.61 Å². The van der Waals surface area contributed by atoms with Gasteiger partial charge in [-0.1, -0.05) is 11.6 Å². The molecule has 1 atom stereocenters. The van der Waals surface area contributed by atoms with E-state index in [4.69, 9.17) is 21.1 Å². The summed E-state index contributed by atoms with van der Waals surface area (Å²) < 4.78 is 10.0. The maximum Gasteiger partial charge on any atom is 0.340 e. The summed E-state index contributed by atoms with van der Waals surface area (Å²) in [5.41, 5.74) is -0.241. The first kappa shape index (κ1) is 14.4. The second-order valence-corrected chi connectivity index (χ2v) is 3.80. The lowest BCUT2D eigenvalue weighted by Crippen LogP contribution is -2.25. The highest BCUT2D eigenvalue weighted by Gasteiger charge is 2.18. The molecule has 98 valence electrons. The molecule has 0 N–H and O–H groups in total. The molecule has 0 fully saturated rings. The number of hydrogen-bond acceptors (Lipinski definition) is 5. The summed E-state index contributed by atoms with van der Waals surface area (Å²) in [7, 11) is 0. The standard InChI is InChI=1S/C11H12ClNO5/c1-3-17-7(2)11(14)18-8-4-5-10(13(15)16)9(12)6-8/h4-7H,3H2,1-2H3. The molecule has 0 aromatic heterocycles. The van der Waals surface area contributed by atoms with Gasteiger partial charge in [0.1, 0.15) is 10.8 Å². The molecule has 1 unspecified atom stereocenters. The van der Waals surface area contributed by atoms with Gasteiger partial charge in [-0.25, -0.2) is 4.79 Å². The van der Waals surface area contributed by atoms with Crippen LogP contribution in [0.5, 0.6) is 5.75 Å². The van der Waals surface area contributed by atoms with Crippen molar-refractivity contribution in [2.24, 2.45) is 0 Å². The van der Waals surface area contributed by atoms with Crippen LogP contribution in [0.2, 0.25) is 5.02 Å². The van der Waals surface area contributed by atoms with Gasteiger partial charge in [-0.05, 0) is 19.9 Å². The molecule has 0 saturated heterocycles. The van der Waals surface area contributed by atoms with Crippen molar-refractivity contribution in [1.82, 2.24) is 0 Å². The molecule has 0 amide bonds. The quantitative estimate of drug-likeness (QED) is 0.356. The van der Waals surface area contributed by atoms with E-state index < -0.39 is 17.0 Å². The lowest BCUT2D eigenvalue weighted by Gasteiger charge is -2.10. The van der Waals surface area contributed by atoms with Gasteiger partial charge in [0.15, 0.2) is 6.10 Å². The van der Waals surface area contributed by atoms with Crippen LogP contribution in [0, 0.1) is 10.1 Å². The van der Waals surface area contributed by atoms with Gasteiger partial charge in [-0.15, -0.1) is 0 Å². The number of nitrogens with zero attached hydrogens (tertiary/aromatic N) is 1. The molecule has 0 spiro atoms. The smallest absolute Gasteiger partial charge is 0.340 e. The van der Waals surface area contributed by atoms with Crippen LogP contribution in [-0.4, -0.2) is 23.6 Å². The van der Waals surface area contributed by atoms with Crippen LogP contribution in [0.15, 0.2) is 18.2 Å². The molecule has 0 aliphatic rings. The van der Waals surface area contributed by atoms with Crippen LogP contribution in [0.3, 0.4) is 0 Å². The number of rotatable bonds is 5. The highest BCUT2D eigenvalue weighted by atomic mass is 35.5. The summed E-state index contributed by atoms with van der Waals surface area (Å²) in [6.07, 6.45) is -0.705. The Labute approximate surface area is 109 Å². The lowest BCUT2D eigenvalue weighted by atomic mass is 10.3. The van der Waals surface area contributed by atoms with E-state index in [0.29, 0.717) is 6.61 Å².